The summed E-state index contributed by atoms with van der Waals surface area (Å²) in [5, 5.41) is 3.67. The van der Waals surface area contributed by atoms with Crippen LogP contribution in [0.5, 0.6) is 0 Å². The van der Waals surface area contributed by atoms with Crippen molar-refractivity contribution in [2.24, 2.45) is 0 Å². The molecule has 2 unspecified atom stereocenters. The Balaban J connectivity index is 2.12. The molecule has 2 nitrogen and oxygen atoms in total. The highest BCUT2D eigenvalue weighted by molar-refractivity contribution is 5.18. The number of hydrogen-bond acceptors (Lipinski definition) is 2. The Morgan fingerprint density at radius 2 is 1.67 bits per heavy atom. The first-order valence-corrected chi connectivity index (χ1v) is 8.68. The van der Waals surface area contributed by atoms with Gasteiger partial charge in [-0.1, -0.05) is 51.1 Å². The zero-order chi connectivity index (χ0) is 15.5. The number of benzene rings is 1. The van der Waals surface area contributed by atoms with Crippen molar-refractivity contribution in [3.63, 3.8) is 0 Å². The van der Waals surface area contributed by atoms with Gasteiger partial charge in [-0.15, -0.1) is 0 Å². The van der Waals surface area contributed by atoms with Crippen molar-refractivity contribution < 1.29 is 0 Å². The Hall–Kier alpha value is -0.860. The predicted molar refractivity (Wildman–Crippen MR) is 94.0 cm³/mol. The summed E-state index contributed by atoms with van der Waals surface area (Å²) in [6.45, 7) is 13.8. The van der Waals surface area contributed by atoms with Crippen molar-refractivity contribution in [2.75, 3.05) is 26.2 Å². The number of nitrogens with one attached hydrogen (secondary N) is 1. The molecule has 120 valence electrons. The van der Waals surface area contributed by atoms with E-state index in [4.69, 9.17) is 0 Å². The van der Waals surface area contributed by atoms with E-state index in [2.05, 4.69) is 68.2 Å². The lowest BCUT2D eigenvalue weighted by Crippen LogP contribution is -2.30. The molecule has 0 saturated carbocycles. The van der Waals surface area contributed by atoms with E-state index < -0.39 is 0 Å². The van der Waals surface area contributed by atoms with Gasteiger partial charge in [0, 0.05) is 6.04 Å². The average Bonchev–Trinajstić information content (AvgIpc) is 2.52. The number of rotatable bonds is 11. The predicted octanol–water partition coefficient (Wildman–Crippen LogP) is 4.28. The molecular weight excluding hydrogens is 256 g/mol. The first kappa shape index (κ1) is 18.2. The molecule has 0 spiro atoms. The molecule has 2 atom stereocenters. The maximum atomic E-state index is 3.67. The molecule has 0 bridgehead atoms. The van der Waals surface area contributed by atoms with Crippen molar-refractivity contribution in [1.82, 2.24) is 10.2 Å². The Morgan fingerprint density at radius 1 is 1.00 bits per heavy atom. The van der Waals surface area contributed by atoms with E-state index in [0.717, 1.165) is 6.54 Å². The van der Waals surface area contributed by atoms with E-state index in [1.54, 1.807) is 0 Å². The largest absolute Gasteiger partial charge is 0.314 e. The Bertz CT molecular complexity index is 346. The van der Waals surface area contributed by atoms with E-state index in [1.165, 1.54) is 44.5 Å². The van der Waals surface area contributed by atoms with Gasteiger partial charge in [0.2, 0.25) is 0 Å². The van der Waals surface area contributed by atoms with Crippen LogP contribution >= 0.6 is 0 Å². The molecule has 1 aromatic rings. The van der Waals surface area contributed by atoms with E-state index in [-0.39, 0.29) is 0 Å². The van der Waals surface area contributed by atoms with Crippen LogP contribution in [0.4, 0.5) is 0 Å². The van der Waals surface area contributed by atoms with Gasteiger partial charge < -0.3 is 10.2 Å². The van der Waals surface area contributed by atoms with Crippen molar-refractivity contribution in [2.45, 2.75) is 58.9 Å². The minimum Gasteiger partial charge on any atom is -0.314 e. The van der Waals surface area contributed by atoms with Gasteiger partial charge in [0.25, 0.3) is 0 Å². The Kier molecular flexibility index (Phi) is 9.36. The van der Waals surface area contributed by atoms with Gasteiger partial charge >= 0.3 is 0 Å². The molecule has 0 fully saturated rings. The van der Waals surface area contributed by atoms with Crippen LogP contribution in [-0.2, 0) is 0 Å². The highest BCUT2D eigenvalue weighted by Crippen LogP contribution is 2.17. The summed E-state index contributed by atoms with van der Waals surface area (Å²) in [6.07, 6.45) is 3.78. The van der Waals surface area contributed by atoms with Crippen LogP contribution in [0.3, 0.4) is 0 Å². The van der Waals surface area contributed by atoms with Gasteiger partial charge in [0.1, 0.15) is 0 Å². The second-order valence-electron chi connectivity index (χ2n) is 6.12. The standard InChI is InChI=1S/C19H34N2/c1-5-21(6-2)16-10-11-18(4)20-15-14-17(3)19-12-8-7-9-13-19/h7-9,12-13,17-18,20H,5-6,10-11,14-16H2,1-4H3. The topological polar surface area (TPSA) is 15.3 Å². The first-order valence-electron chi connectivity index (χ1n) is 8.68. The lowest BCUT2D eigenvalue weighted by atomic mass is 9.98. The smallest absolute Gasteiger partial charge is 0.00392 e. The molecule has 0 aliphatic heterocycles. The molecular formula is C19H34N2. The third kappa shape index (κ3) is 7.63. The third-order valence-corrected chi connectivity index (χ3v) is 4.44. The van der Waals surface area contributed by atoms with Crippen molar-refractivity contribution in [1.29, 1.82) is 0 Å². The third-order valence-electron chi connectivity index (χ3n) is 4.44. The van der Waals surface area contributed by atoms with Crippen LogP contribution in [0.15, 0.2) is 30.3 Å². The molecule has 0 aliphatic carbocycles. The van der Waals surface area contributed by atoms with Gasteiger partial charge in [-0.2, -0.15) is 0 Å². The van der Waals surface area contributed by atoms with Crippen LogP contribution in [0.25, 0.3) is 0 Å². The van der Waals surface area contributed by atoms with E-state index >= 15 is 0 Å². The summed E-state index contributed by atoms with van der Waals surface area (Å²) in [5.41, 5.74) is 1.45. The summed E-state index contributed by atoms with van der Waals surface area (Å²) in [7, 11) is 0. The lowest BCUT2D eigenvalue weighted by Gasteiger charge is -2.20. The molecule has 1 aromatic carbocycles. The Labute approximate surface area is 131 Å². The van der Waals surface area contributed by atoms with Crippen molar-refractivity contribution in [3.05, 3.63) is 35.9 Å². The summed E-state index contributed by atoms with van der Waals surface area (Å²) in [5.74, 6) is 0.640. The molecule has 0 amide bonds. The maximum Gasteiger partial charge on any atom is 0.00392 e. The minimum absolute atomic E-state index is 0.628. The van der Waals surface area contributed by atoms with Gasteiger partial charge in [-0.05, 0) is 63.8 Å². The molecule has 0 radical (unpaired) electrons. The maximum absolute atomic E-state index is 3.67. The zero-order valence-corrected chi connectivity index (χ0v) is 14.4. The lowest BCUT2D eigenvalue weighted by molar-refractivity contribution is 0.290. The van der Waals surface area contributed by atoms with Crippen molar-refractivity contribution >= 4 is 0 Å². The minimum atomic E-state index is 0.628. The van der Waals surface area contributed by atoms with Gasteiger partial charge in [0.15, 0.2) is 0 Å². The van der Waals surface area contributed by atoms with Crippen LogP contribution in [0.2, 0.25) is 0 Å². The van der Waals surface area contributed by atoms with Crippen LogP contribution in [-0.4, -0.2) is 37.1 Å². The first-order chi connectivity index (χ1) is 10.2. The fourth-order valence-corrected chi connectivity index (χ4v) is 2.76. The van der Waals surface area contributed by atoms with E-state index in [1.807, 2.05) is 0 Å². The van der Waals surface area contributed by atoms with Crippen molar-refractivity contribution in [3.8, 4) is 0 Å². The van der Waals surface area contributed by atoms with Crippen LogP contribution in [0.1, 0.15) is 58.4 Å². The summed E-state index contributed by atoms with van der Waals surface area (Å²) < 4.78 is 0. The molecule has 0 aliphatic rings. The normalized spacial score (nSPS) is 14.3. The monoisotopic (exact) mass is 290 g/mol. The summed E-state index contributed by atoms with van der Waals surface area (Å²) in [4.78, 5) is 2.50. The van der Waals surface area contributed by atoms with E-state index in [0.29, 0.717) is 12.0 Å². The highest BCUT2D eigenvalue weighted by Gasteiger charge is 2.07. The second kappa shape index (κ2) is 10.8. The van der Waals surface area contributed by atoms with Gasteiger partial charge in [0.05, 0.1) is 0 Å². The highest BCUT2D eigenvalue weighted by atomic mass is 15.1. The molecule has 1 rings (SSSR count). The quantitative estimate of drug-likeness (QED) is 0.654. The average molecular weight is 290 g/mol. The fourth-order valence-electron chi connectivity index (χ4n) is 2.76. The molecule has 0 saturated heterocycles. The molecule has 21 heavy (non-hydrogen) atoms. The fraction of sp³-hybridized carbons (Fsp3) is 0.684. The van der Waals surface area contributed by atoms with Crippen LogP contribution in [0, 0.1) is 0 Å². The van der Waals surface area contributed by atoms with E-state index in [9.17, 15) is 0 Å². The SMILES string of the molecule is CCN(CC)CCCC(C)NCCC(C)c1ccccc1. The molecule has 1 N–H and O–H groups in total. The number of nitrogens with zero attached hydrogens (tertiary/aromatic N) is 1. The van der Waals surface area contributed by atoms with Crippen LogP contribution < -0.4 is 5.32 Å². The summed E-state index contributed by atoms with van der Waals surface area (Å²) >= 11 is 0. The second-order valence-corrected chi connectivity index (χ2v) is 6.12. The Morgan fingerprint density at radius 3 is 2.29 bits per heavy atom. The summed E-state index contributed by atoms with van der Waals surface area (Å²) in [6, 6.07) is 11.5. The molecule has 2 heteroatoms. The zero-order valence-electron chi connectivity index (χ0n) is 14.4. The molecule has 0 heterocycles. The van der Waals surface area contributed by atoms with Gasteiger partial charge in [-0.25, -0.2) is 0 Å². The molecule has 0 aromatic heterocycles. The van der Waals surface area contributed by atoms with Gasteiger partial charge in [-0.3, -0.25) is 0 Å². The number of hydrogen-bond donors (Lipinski definition) is 1.